The van der Waals surface area contributed by atoms with E-state index in [1.165, 1.54) is 0 Å². The van der Waals surface area contributed by atoms with Gasteiger partial charge in [0.1, 0.15) is 0 Å². The van der Waals surface area contributed by atoms with Gasteiger partial charge in [0.25, 0.3) is 0 Å². The largest absolute Gasteiger partial charge is 0.478 e. The van der Waals surface area contributed by atoms with Crippen molar-refractivity contribution in [1.29, 1.82) is 0 Å². The van der Waals surface area contributed by atoms with Crippen molar-refractivity contribution in [3.05, 3.63) is 11.9 Å². The highest BCUT2D eigenvalue weighted by Crippen LogP contribution is 2.59. The van der Waals surface area contributed by atoms with Gasteiger partial charge in [-0.2, -0.15) is 43.9 Å². The number of hydrogen-bond acceptors (Lipinski definition) is 1. The molecule has 0 saturated heterocycles. The summed E-state index contributed by atoms with van der Waals surface area (Å²) in [5.41, 5.74) is -2.30. The van der Waals surface area contributed by atoms with E-state index in [1.807, 2.05) is 0 Å². The Hall–Kier alpha value is -1.70. The van der Waals surface area contributed by atoms with Crippen LogP contribution in [0.1, 0.15) is 6.42 Å². The van der Waals surface area contributed by atoms with Gasteiger partial charge in [0.2, 0.25) is 0 Å². The third-order valence-electron chi connectivity index (χ3n) is 2.76. The number of halogens is 13. The predicted molar refractivity (Wildman–Crippen MR) is 52.2 cm³/mol. The topological polar surface area (TPSA) is 37.3 Å². The Kier molecular flexibility index (Phi) is 6.11. The van der Waals surface area contributed by atoms with Gasteiger partial charge in [0.15, 0.2) is 0 Å². The Morgan fingerprint density at radius 1 is 0.840 bits per heavy atom. The fourth-order valence-electron chi connectivity index (χ4n) is 1.28. The highest BCUT2D eigenvalue weighted by atomic mass is 19.4. The van der Waals surface area contributed by atoms with Gasteiger partial charge < -0.3 is 5.11 Å². The van der Waals surface area contributed by atoms with Gasteiger partial charge >= 0.3 is 42.0 Å². The fourth-order valence-corrected chi connectivity index (χ4v) is 1.28. The Morgan fingerprint density at radius 2 is 1.24 bits per heavy atom. The number of carboxylic acid groups (broad SMARTS) is 1. The summed E-state index contributed by atoms with van der Waals surface area (Å²) in [4.78, 5) is 10.2. The van der Waals surface area contributed by atoms with Crippen LogP contribution in [0.25, 0.3) is 0 Å². The van der Waals surface area contributed by atoms with Crippen LogP contribution in [0.4, 0.5) is 57.1 Å². The first-order valence-corrected chi connectivity index (χ1v) is 5.51. The minimum absolute atomic E-state index is 1.27. The van der Waals surface area contributed by atoms with Crippen LogP contribution in [-0.2, 0) is 4.79 Å². The van der Waals surface area contributed by atoms with E-state index in [2.05, 4.69) is 0 Å². The fraction of sp³-hybridized carbons (Fsp3) is 0.700. The molecule has 0 saturated carbocycles. The minimum atomic E-state index is -7.77. The van der Waals surface area contributed by atoms with E-state index in [-0.39, 0.29) is 0 Å². The van der Waals surface area contributed by atoms with Crippen molar-refractivity contribution in [2.75, 3.05) is 0 Å². The molecular formula is C10H5F13O2. The molecule has 15 heteroatoms. The normalized spacial score (nSPS) is 15.7. The smallest absolute Gasteiger partial charge is 0.384 e. The second-order valence-corrected chi connectivity index (χ2v) is 4.47. The monoisotopic (exact) mass is 404 g/mol. The van der Waals surface area contributed by atoms with Crippen molar-refractivity contribution in [3.8, 4) is 0 Å². The molecule has 0 aromatic rings. The maximum atomic E-state index is 13.1. The highest BCUT2D eigenvalue weighted by molar-refractivity contribution is 5.86. The summed E-state index contributed by atoms with van der Waals surface area (Å²) in [6.07, 6.45) is -10.0. The molecule has 0 heterocycles. The Bertz CT molecular complexity index is 537. The second-order valence-electron chi connectivity index (χ2n) is 4.47. The number of aliphatic carboxylic acids is 1. The molecule has 0 atom stereocenters. The summed E-state index contributed by atoms with van der Waals surface area (Å²) in [6.45, 7) is 0. The number of carbonyl (C=O) groups is 1. The Labute approximate surface area is 128 Å². The van der Waals surface area contributed by atoms with Gasteiger partial charge in [-0.25, -0.2) is 18.0 Å². The van der Waals surface area contributed by atoms with Gasteiger partial charge in [0.05, 0.1) is 18.3 Å². The van der Waals surface area contributed by atoms with Crippen molar-refractivity contribution < 1.29 is 67.0 Å². The minimum Gasteiger partial charge on any atom is -0.478 e. The zero-order chi connectivity index (χ0) is 20.6. The molecule has 0 aliphatic carbocycles. The number of alkyl halides is 12. The molecular weight excluding hydrogens is 399 g/mol. The van der Waals surface area contributed by atoms with E-state index in [4.69, 9.17) is 5.11 Å². The van der Waals surface area contributed by atoms with Crippen LogP contribution in [0.2, 0.25) is 0 Å². The lowest BCUT2D eigenvalue weighted by atomic mass is 9.91. The van der Waals surface area contributed by atoms with E-state index in [9.17, 15) is 61.9 Å². The van der Waals surface area contributed by atoms with E-state index in [0.29, 0.717) is 0 Å². The van der Waals surface area contributed by atoms with Crippen LogP contribution >= 0.6 is 0 Å². The average molecular weight is 404 g/mol. The van der Waals surface area contributed by atoms with Gasteiger partial charge in [-0.05, 0) is 0 Å². The first-order chi connectivity index (χ1) is 10.8. The van der Waals surface area contributed by atoms with Crippen LogP contribution in [0, 0.1) is 0 Å². The van der Waals surface area contributed by atoms with Gasteiger partial charge in [-0.1, -0.05) is 0 Å². The summed E-state index contributed by atoms with van der Waals surface area (Å²) in [7, 11) is 0. The van der Waals surface area contributed by atoms with Crippen LogP contribution < -0.4 is 0 Å². The summed E-state index contributed by atoms with van der Waals surface area (Å²) >= 11 is 0. The lowest BCUT2D eigenvalue weighted by molar-refractivity contribution is -0.412. The molecule has 0 amide bonds. The van der Waals surface area contributed by atoms with Crippen LogP contribution in [0.5, 0.6) is 0 Å². The Balaban J connectivity index is 6.16. The molecule has 0 spiro atoms. The molecule has 0 bridgehead atoms. The third kappa shape index (κ3) is 3.49. The zero-order valence-electron chi connectivity index (χ0n) is 11.1. The lowest BCUT2D eigenvalue weighted by Crippen LogP contribution is -2.68. The van der Waals surface area contributed by atoms with E-state index >= 15 is 0 Å². The molecule has 2 nitrogen and oxygen atoms in total. The number of carboxylic acids is 1. The van der Waals surface area contributed by atoms with Crippen LogP contribution in [0.15, 0.2) is 11.9 Å². The SMILES string of the molecule is O=C(O)C(=CF)CC(F)(F)C(F)(F)C(F)(F)C(F)(F)C(F)(F)C(F)F. The molecule has 25 heavy (non-hydrogen) atoms. The van der Waals surface area contributed by atoms with E-state index in [0.717, 1.165) is 0 Å². The summed E-state index contributed by atoms with van der Waals surface area (Å²) in [5.74, 6) is -39.3. The van der Waals surface area contributed by atoms with E-state index < -0.39 is 60.3 Å². The van der Waals surface area contributed by atoms with Crippen molar-refractivity contribution in [3.63, 3.8) is 0 Å². The summed E-state index contributed by atoms with van der Waals surface area (Å²) < 4.78 is 165. The molecule has 0 aliphatic heterocycles. The number of rotatable bonds is 8. The maximum Gasteiger partial charge on any atom is 0.384 e. The molecule has 0 rings (SSSR count). The zero-order valence-corrected chi connectivity index (χ0v) is 11.1. The van der Waals surface area contributed by atoms with Gasteiger partial charge in [0, 0.05) is 0 Å². The average Bonchev–Trinajstić information content (AvgIpc) is 2.43. The molecule has 1 N–H and O–H groups in total. The van der Waals surface area contributed by atoms with Crippen molar-refractivity contribution in [1.82, 2.24) is 0 Å². The summed E-state index contributed by atoms with van der Waals surface area (Å²) in [6, 6.07) is 0. The first-order valence-electron chi connectivity index (χ1n) is 5.51. The molecule has 0 unspecified atom stereocenters. The maximum absolute atomic E-state index is 13.1. The van der Waals surface area contributed by atoms with Crippen molar-refractivity contribution in [2.45, 2.75) is 42.5 Å². The standard InChI is InChI=1S/C10H5F13O2/c11-2-3(4(24)25)1-6(14,15)8(18,19)10(22,23)9(20,21)7(16,17)5(12)13/h2,5H,1H2,(H,24,25). The van der Waals surface area contributed by atoms with Gasteiger partial charge in [-0.3, -0.25) is 0 Å². The second kappa shape index (κ2) is 6.55. The summed E-state index contributed by atoms with van der Waals surface area (Å²) in [5, 5.41) is 8.13. The van der Waals surface area contributed by atoms with Crippen LogP contribution in [0.3, 0.4) is 0 Å². The number of hydrogen-bond donors (Lipinski definition) is 1. The predicted octanol–water partition coefficient (Wildman–Crippen LogP) is 4.76. The van der Waals surface area contributed by atoms with Crippen LogP contribution in [-0.4, -0.2) is 47.1 Å². The van der Waals surface area contributed by atoms with Crippen molar-refractivity contribution >= 4 is 5.97 Å². The lowest BCUT2D eigenvalue weighted by Gasteiger charge is -2.39. The molecule has 0 aromatic heterocycles. The van der Waals surface area contributed by atoms with Crippen molar-refractivity contribution in [2.24, 2.45) is 0 Å². The molecule has 0 radical (unpaired) electrons. The Morgan fingerprint density at radius 3 is 1.52 bits per heavy atom. The van der Waals surface area contributed by atoms with Gasteiger partial charge in [-0.15, -0.1) is 0 Å². The molecule has 148 valence electrons. The van der Waals surface area contributed by atoms with E-state index in [1.54, 1.807) is 0 Å². The quantitative estimate of drug-likeness (QED) is 0.468. The first kappa shape index (κ1) is 23.3. The molecule has 0 fully saturated rings. The third-order valence-corrected chi connectivity index (χ3v) is 2.76. The molecule has 0 aliphatic rings. The molecule has 0 aromatic carbocycles. The highest BCUT2D eigenvalue weighted by Gasteiger charge is 2.87.